The van der Waals surface area contributed by atoms with Crippen LogP contribution in [0.3, 0.4) is 0 Å². The zero-order valence-corrected chi connectivity index (χ0v) is 14.6. The fourth-order valence-electron chi connectivity index (χ4n) is 2.80. The van der Waals surface area contributed by atoms with E-state index in [-0.39, 0.29) is 5.91 Å². The average Bonchev–Trinajstić information content (AvgIpc) is 2.61. The van der Waals surface area contributed by atoms with Gasteiger partial charge in [0, 0.05) is 17.6 Å². The van der Waals surface area contributed by atoms with Crippen LogP contribution in [0.15, 0.2) is 53.0 Å². The predicted molar refractivity (Wildman–Crippen MR) is 94.7 cm³/mol. The molecule has 3 rings (SSSR count). The van der Waals surface area contributed by atoms with E-state index in [2.05, 4.69) is 15.9 Å². The monoisotopic (exact) mass is 373 g/mol. The van der Waals surface area contributed by atoms with Gasteiger partial charge in [-0.15, -0.1) is 0 Å². The molecule has 0 N–H and O–H groups in total. The van der Waals surface area contributed by atoms with E-state index in [0.717, 1.165) is 36.0 Å². The minimum atomic E-state index is 0.0639. The molecule has 120 valence electrons. The molecule has 1 fully saturated rings. The van der Waals surface area contributed by atoms with Crippen molar-refractivity contribution in [3.63, 3.8) is 0 Å². The lowest BCUT2D eigenvalue weighted by atomic mass is 10.1. The van der Waals surface area contributed by atoms with Gasteiger partial charge in [-0.2, -0.15) is 0 Å². The highest BCUT2D eigenvalue weighted by Gasteiger charge is 2.21. The number of rotatable bonds is 4. The SMILES string of the molecule is O=C(c1cc(Br)ccc1OCc1ccccc1)N1CCCCC1. The van der Waals surface area contributed by atoms with Crippen molar-refractivity contribution in [2.24, 2.45) is 0 Å². The Morgan fingerprint density at radius 2 is 1.78 bits per heavy atom. The van der Waals surface area contributed by atoms with E-state index < -0.39 is 0 Å². The molecule has 1 aliphatic rings. The summed E-state index contributed by atoms with van der Waals surface area (Å²) >= 11 is 3.46. The summed E-state index contributed by atoms with van der Waals surface area (Å²) < 4.78 is 6.82. The number of amides is 1. The van der Waals surface area contributed by atoms with Crippen molar-refractivity contribution in [1.82, 2.24) is 4.90 Å². The molecule has 0 bridgehead atoms. The summed E-state index contributed by atoms with van der Waals surface area (Å²) in [5, 5.41) is 0. The van der Waals surface area contributed by atoms with E-state index in [9.17, 15) is 4.79 Å². The average molecular weight is 374 g/mol. The molecule has 0 aliphatic carbocycles. The summed E-state index contributed by atoms with van der Waals surface area (Å²) in [5.41, 5.74) is 1.73. The van der Waals surface area contributed by atoms with Crippen LogP contribution in [0.25, 0.3) is 0 Å². The van der Waals surface area contributed by atoms with Crippen LogP contribution in [-0.2, 0) is 6.61 Å². The number of ether oxygens (including phenoxy) is 1. The summed E-state index contributed by atoms with van der Waals surface area (Å²) in [6, 6.07) is 15.6. The van der Waals surface area contributed by atoms with Crippen LogP contribution in [0.2, 0.25) is 0 Å². The number of carbonyl (C=O) groups excluding carboxylic acids is 1. The van der Waals surface area contributed by atoms with E-state index in [4.69, 9.17) is 4.74 Å². The third-order valence-corrected chi connectivity index (χ3v) is 4.55. The standard InChI is InChI=1S/C19H20BrNO2/c20-16-9-10-18(23-14-15-7-3-1-4-8-15)17(13-16)19(22)21-11-5-2-6-12-21/h1,3-4,7-10,13H,2,5-6,11-12,14H2. The molecule has 1 amide bonds. The first-order valence-corrected chi connectivity index (χ1v) is 8.79. The second-order valence-corrected chi connectivity index (χ2v) is 6.68. The summed E-state index contributed by atoms with van der Waals surface area (Å²) in [4.78, 5) is 14.7. The Balaban J connectivity index is 1.78. The number of benzene rings is 2. The first-order chi connectivity index (χ1) is 11.2. The first kappa shape index (κ1) is 16.1. The van der Waals surface area contributed by atoms with E-state index >= 15 is 0 Å². The van der Waals surface area contributed by atoms with Crippen LogP contribution < -0.4 is 4.74 Å². The van der Waals surface area contributed by atoms with Gasteiger partial charge in [0.25, 0.3) is 5.91 Å². The Bertz CT molecular complexity index is 666. The topological polar surface area (TPSA) is 29.5 Å². The number of hydrogen-bond donors (Lipinski definition) is 0. The fourth-order valence-corrected chi connectivity index (χ4v) is 3.16. The number of likely N-dealkylation sites (tertiary alicyclic amines) is 1. The Kier molecular flexibility index (Phi) is 5.34. The maximum Gasteiger partial charge on any atom is 0.257 e. The Morgan fingerprint density at radius 1 is 1.04 bits per heavy atom. The number of carbonyl (C=O) groups is 1. The highest BCUT2D eigenvalue weighted by Crippen LogP contribution is 2.26. The van der Waals surface area contributed by atoms with Crippen molar-refractivity contribution in [3.8, 4) is 5.75 Å². The zero-order valence-electron chi connectivity index (χ0n) is 13.0. The van der Waals surface area contributed by atoms with Crippen LogP contribution in [0.4, 0.5) is 0 Å². The molecule has 0 unspecified atom stereocenters. The molecule has 1 saturated heterocycles. The molecule has 23 heavy (non-hydrogen) atoms. The predicted octanol–water partition coefficient (Wildman–Crippen LogP) is 4.65. The van der Waals surface area contributed by atoms with Crippen LogP contribution in [0.5, 0.6) is 5.75 Å². The van der Waals surface area contributed by atoms with Gasteiger partial charge in [0.05, 0.1) is 5.56 Å². The van der Waals surface area contributed by atoms with Crippen molar-refractivity contribution in [1.29, 1.82) is 0 Å². The molecule has 0 radical (unpaired) electrons. The molecular formula is C19H20BrNO2. The quantitative estimate of drug-likeness (QED) is 0.780. The lowest BCUT2D eigenvalue weighted by Crippen LogP contribution is -2.35. The number of hydrogen-bond acceptors (Lipinski definition) is 2. The third kappa shape index (κ3) is 4.14. The number of piperidine rings is 1. The highest BCUT2D eigenvalue weighted by atomic mass is 79.9. The van der Waals surface area contributed by atoms with Gasteiger partial charge >= 0.3 is 0 Å². The van der Waals surface area contributed by atoms with Crippen LogP contribution >= 0.6 is 15.9 Å². The lowest BCUT2D eigenvalue weighted by Gasteiger charge is -2.27. The van der Waals surface area contributed by atoms with E-state index in [1.54, 1.807) is 0 Å². The van der Waals surface area contributed by atoms with Crippen LogP contribution in [0.1, 0.15) is 35.2 Å². The Morgan fingerprint density at radius 3 is 2.52 bits per heavy atom. The van der Waals surface area contributed by atoms with Gasteiger partial charge < -0.3 is 9.64 Å². The Labute approximate surface area is 145 Å². The van der Waals surface area contributed by atoms with E-state index in [1.165, 1.54) is 6.42 Å². The smallest absolute Gasteiger partial charge is 0.257 e. The lowest BCUT2D eigenvalue weighted by molar-refractivity contribution is 0.0719. The van der Waals surface area contributed by atoms with Gasteiger partial charge in [0.2, 0.25) is 0 Å². The van der Waals surface area contributed by atoms with Crippen molar-refractivity contribution < 1.29 is 9.53 Å². The molecule has 1 heterocycles. The molecule has 0 spiro atoms. The van der Waals surface area contributed by atoms with Crippen LogP contribution in [-0.4, -0.2) is 23.9 Å². The molecule has 0 aromatic heterocycles. The molecule has 2 aromatic rings. The van der Waals surface area contributed by atoms with Crippen molar-refractivity contribution in [2.75, 3.05) is 13.1 Å². The maximum atomic E-state index is 12.8. The minimum Gasteiger partial charge on any atom is -0.488 e. The van der Waals surface area contributed by atoms with Gasteiger partial charge in [0.15, 0.2) is 0 Å². The summed E-state index contributed by atoms with van der Waals surface area (Å²) in [7, 11) is 0. The van der Waals surface area contributed by atoms with Gasteiger partial charge in [-0.25, -0.2) is 0 Å². The van der Waals surface area contributed by atoms with Gasteiger partial charge in [0.1, 0.15) is 12.4 Å². The summed E-state index contributed by atoms with van der Waals surface area (Å²) in [5.74, 6) is 0.710. The third-order valence-electron chi connectivity index (χ3n) is 4.05. The molecule has 3 nitrogen and oxygen atoms in total. The molecular weight excluding hydrogens is 354 g/mol. The van der Waals surface area contributed by atoms with Crippen molar-refractivity contribution in [3.05, 3.63) is 64.1 Å². The van der Waals surface area contributed by atoms with Crippen molar-refractivity contribution >= 4 is 21.8 Å². The largest absolute Gasteiger partial charge is 0.488 e. The molecule has 2 aromatic carbocycles. The first-order valence-electron chi connectivity index (χ1n) is 7.99. The van der Waals surface area contributed by atoms with Gasteiger partial charge in [-0.3, -0.25) is 4.79 Å². The normalized spacial score (nSPS) is 14.6. The summed E-state index contributed by atoms with van der Waals surface area (Å²) in [6.07, 6.45) is 3.37. The van der Waals surface area contributed by atoms with Crippen molar-refractivity contribution in [2.45, 2.75) is 25.9 Å². The fraction of sp³-hybridized carbons (Fsp3) is 0.316. The highest BCUT2D eigenvalue weighted by molar-refractivity contribution is 9.10. The van der Waals surface area contributed by atoms with E-state index in [0.29, 0.717) is 17.9 Å². The minimum absolute atomic E-state index is 0.0639. The molecule has 1 aliphatic heterocycles. The van der Waals surface area contributed by atoms with E-state index in [1.807, 2.05) is 53.4 Å². The van der Waals surface area contributed by atoms with Gasteiger partial charge in [-0.05, 0) is 43.0 Å². The Hall–Kier alpha value is -1.81. The van der Waals surface area contributed by atoms with Crippen LogP contribution in [0, 0.1) is 0 Å². The second kappa shape index (κ2) is 7.64. The summed E-state index contributed by atoms with van der Waals surface area (Å²) in [6.45, 7) is 2.13. The van der Waals surface area contributed by atoms with Gasteiger partial charge in [-0.1, -0.05) is 46.3 Å². The molecule has 0 saturated carbocycles. The maximum absolute atomic E-state index is 12.8. The molecule has 4 heteroatoms. The zero-order chi connectivity index (χ0) is 16.1. The molecule has 0 atom stereocenters. The number of halogens is 1. The second-order valence-electron chi connectivity index (χ2n) is 5.77. The number of nitrogens with zero attached hydrogens (tertiary/aromatic N) is 1.